The lowest BCUT2D eigenvalue weighted by Gasteiger charge is -2.23. The van der Waals surface area contributed by atoms with Gasteiger partial charge < -0.3 is 0 Å². The second-order valence-electron chi connectivity index (χ2n) is 16.0. The maximum absolute atomic E-state index is 2.49. The van der Waals surface area contributed by atoms with Crippen LogP contribution in [0.15, 0.2) is 176 Å². The van der Waals surface area contributed by atoms with Gasteiger partial charge in [-0.1, -0.05) is 172 Å². The Kier molecular flexibility index (Phi) is 7.13. The van der Waals surface area contributed by atoms with Gasteiger partial charge in [0.2, 0.25) is 0 Å². The van der Waals surface area contributed by atoms with E-state index < -0.39 is 0 Å². The van der Waals surface area contributed by atoms with Gasteiger partial charge in [0.15, 0.2) is 0 Å². The molecule has 0 radical (unpaired) electrons. The first-order valence-corrected chi connectivity index (χ1v) is 19.6. The average Bonchev–Trinajstić information content (AvgIpc) is 3.47. The highest BCUT2D eigenvalue weighted by Crippen LogP contribution is 2.51. The molecule has 0 aromatic heterocycles. The fourth-order valence-corrected chi connectivity index (χ4v) is 9.68. The van der Waals surface area contributed by atoms with Gasteiger partial charge in [-0.05, 0) is 147 Å². The van der Waals surface area contributed by atoms with Crippen molar-refractivity contribution in [2.45, 2.75) is 32.1 Å². The van der Waals surface area contributed by atoms with Crippen LogP contribution < -0.4 is 0 Å². The van der Waals surface area contributed by atoms with Crippen LogP contribution in [0.2, 0.25) is 0 Å². The smallest absolute Gasteiger partial charge is 0.0159 e. The minimum atomic E-state index is -0.0862. The standard InChI is InChI=1S/C55H40/c1-55(2)51-21-10-9-18-45(51)46-28-27-44(34-52(46)55)54-48-20-8-7-19-47(48)53(43-17-11-16-39(32-43)40-24-22-35-12-3-5-14-37(35)30-40)49-29-26-42(33-50(49)54)41-25-23-36-13-4-6-15-38(36)31-41/h3-4,6-13,15-34H,5,14H2,1-2H3. The van der Waals surface area contributed by atoms with E-state index in [2.05, 4.69) is 196 Å². The third kappa shape index (κ3) is 5.05. The van der Waals surface area contributed by atoms with Crippen molar-refractivity contribution in [3.63, 3.8) is 0 Å². The van der Waals surface area contributed by atoms with Gasteiger partial charge in [0, 0.05) is 5.41 Å². The molecular weight excluding hydrogens is 661 g/mol. The molecule has 0 fully saturated rings. The van der Waals surface area contributed by atoms with Gasteiger partial charge in [-0.3, -0.25) is 0 Å². The molecule has 2 aliphatic carbocycles. The monoisotopic (exact) mass is 700 g/mol. The first-order valence-electron chi connectivity index (χ1n) is 19.6. The van der Waals surface area contributed by atoms with Crippen molar-refractivity contribution in [2.75, 3.05) is 0 Å². The van der Waals surface area contributed by atoms with E-state index in [0.29, 0.717) is 0 Å². The fourth-order valence-electron chi connectivity index (χ4n) is 9.68. The Bertz CT molecular complexity index is 3060. The molecule has 0 nitrogen and oxygen atoms in total. The summed E-state index contributed by atoms with van der Waals surface area (Å²) in [7, 11) is 0. The van der Waals surface area contributed by atoms with E-state index in [1.54, 1.807) is 0 Å². The van der Waals surface area contributed by atoms with E-state index in [0.717, 1.165) is 12.8 Å². The summed E-state index contributed by atoms with van der Waals surface area (Å²) in [4.78, 5) is 0. The molecule has 0 aliphatic heterocycles. The van der Waals surface area contributed by atoms with Crippen LogP contribution in [0.25, 0.3) is 94.0 Å². The van der Waals surface area contributed by atoms with Crippen LogP contribution in [0.3, 0.4) is 0 Å². The van der Waals surface area contributed by atoms with Gasteiger partial charge in [-0.2, -0.15) is 0 Å². The summed E-state index contributed by atoms with van der Waals surface area (Å²) in [5, 5.41) is 7.62. The van der Waals surface area contributed by atoms with E-state index in [1.807, 2.05) is 0 Å². The Hall–Kier alpha value is -6.50. The summed E-state index contributed by atoms with van der Waals surface area (Å²) in [5.41, 5.74) is 18.3. The molecular formula is C55H40. The van der Waals surface area contributed by atoms with Crippen molar-refractivity contribution in [3.05, 3.63) is 198 Å². The van der Waals surface area contributed by atoms with Crippen LogP contribution in [0.4, 0.5) is 0 Å². The van der Waals surface area contributed by atoms with Gasteiger partial charge >= 0.3 is 0 Å². The van der Waals surface area contributed by atoms with Crippen LogP contribution in [0.1, 0.15) is 42.5 Å². The third-order valence-electron chi connectivity index (χ3n) is 12.5. The third-order valence-corrected chi connectivity index (χ3v) is 12.5. The van der Waals surface area contributed by atoms with Crippen molar-refractivity contribution in [1.29, 1.82) is 0 Å². The van der Waals surface area contributed by atoms with Crippen LogP contribution >= 0.6 is 0 Å². The van der Waals surface area contributed by atoms with E-state index >= 15 is 0 Å². The lowest BCUT2D eigenvalue weighted by Crippen LogP contribution is -2.14. The number of rotatable bonds is 4. The molecule has 0 bridgehead atoms. The molecule has 11 rings (SSSR count). The minimum Gasteiger partial charge on any atom is -0.0836 e. The van der Waals surface area contributed by atoms with Crippen molar-refractivity contribution >= 4 is 38.4 Å². The first-order chi connectivity index (χ1) is 27.0. The van der Waals surface area contributed by atoms with Gasteiger partial charge in [0.05, 0.1) is 0 Å². The van der Waals surface area contributed by atoms with Crippen LogP contribution in [-0.4, -0.2) is 0 Å². The molecule has 0 atom stereocenters. The normalized spacial score (nSPS) is 13.9. The lowest BCUT2D eigenvalue weighted by molar-refractivity contribution is 0.660. The summed E-state index contributed by atoms with van der Waals surface area (Å²) in [6.07, 6.45) is 6.76. The number of hydrogen-bond acceptors (Lipinski definition) is 0. The largest absolute Gasteiger partial charge is 0.0836 e. The number of fused-ring (bicyclic) bond motifs is 7. The topological polar surface area (TPSA) is 0 Å². The van der Waals surface area contributed by atoms with E-state index in [-0.39, 0.29) is 5.41 Å². The zero-order chi connectivity index (χ0) is 36.7. The van der Waals surface area contributed by atoms with Crippen LogP contribution in [-0.2, 0) is 11.8 Å². The minimum absolute atomic E-state index is 0.0862. The molecule has 0 N–H and O–H groups in total. The fraction of sp³-hybridized carbons (Fsp3) is 0.0909. The summed E-state index contributed by atoms with van der Waals surface area (Å²) in [5.74, 6) is 0. The van der Waals surface area contributed by atoms with Crippen LogP contribution in [0, 0.1) is 0 Å². The summed E-state index contributed by atoms with van der Waals surface area (Å²) < 4.78 is 0. The molecule has 2 aliphatic rings. The van der Waals surface area contributed by atoms with Crippen molar-refractivity contribution in [3.8, 4) is 55.6 Å². The molecule has 55 heavy (non-hydrogen) atoms. The maximum Gasteiger partial charge on any atom is 0.0159 e. The maximum atomic E-state index is 2.49. The number of aryl methyl sites for hydroxylation is 1. The first kappa shape index (κ1) is 32.0. The SMILES string of the molecule is CC1(C)c2ccccc2-c2ccc(-c3c4ccccc4c(-c4cccc(-c5ccc6c(c5)CCC=C6)c4)c4ccc(-c5ccc6ccccc6c5)cc34)cc21. The Morgan fingerprint density at radius 2 is 1.02 bits per heavy atom. The van der Waals surface area contributed by atoms with E-state index in [9.17, 15) is 0 Å². The highest BCUT2D eigenvalue weighted by molar-refractivity contribution is 6.22. The predicted molar refractivity (Wildman–Crippen MR) is 236 cm³/mol. The van der Waals surface area contributed by atoms with E-state index in [4.69, 9.17) is 0 Å². The molecule has 0 heterocycles. The molecule has 0 saturated carbocycles. The summed E-state index contributed by atoms with van der Waals surface area (Å²) in [6, 6.07) is 64.1. The van der Waals surface area contributed by atoms with Crippen molar-refractivity contribution in [1.82, 2.24) is 0 Å². The highest BCUT2D eigenvalue weighted by Gasteiger charge is 2.35. The summed E-state index contributed by atoms with van der Waals surface area (Å²) in [6.45, 7) is 4.76. The van der Waals surface area contributed by atoms with Gasteiger partial charge in [0.25, 0.3) is 0 Å². The van der Waals surface area contributed by atoms with E-state index in [1.165, 1.54) is 110 Å². The Morgan fingerprint density at radius 3 is 1.91 bits per heavy atom. The molecule has 0 spiro atoms. The molecule has 0 amide bonds. The Morgan fingerprint density at radius 1 is 0.400 bits per heavy atom. The lowest BCUT2D eigenvalue weighted by atomic mass is 9.80. The zero-order valence-electron chi connectivity index (χ0n) is 31.2. The number of benzene rings is 9. The second kappa shape index (κ2) is 12.3. The predicted octanol–water partition coefficient (Wildman–Crippen LogP) is 15.1. The van der Waals surface area contributed by atoms with Gasteiger partial charge in [-0.15, -0.1) is 0 Å². The quantitative estimate of drug-likeness (QED) is 0.160. The molecule has 0 unspecified atom stereocenters. The highest BCUT2D eigenvalue weighted by atomic mass is 14.4. The molecule has 9 aromatic carbocycles. The molecule has 260 valence electrons. The Labute approximate surface area is 323 Å². The van der Waals surface area contributed by atoms with Crippen molar-refractivity contribution < 1.29 is 0 Å². The average molecular weight is 701 g/mol. The van der Waals surface area contributed by atoms with Crippen LogP contribution in [0.5, 0.6) is 0 Å². The van der Waals surface area contributed by atoms with Gasteiger partial charge in [0.1, 0.15) is 0 Å². The molecule has 9 aromatic rings. The number of hydrogen-bond donors (Lipinski definition) is 0. The van der Waals surface area contributed by atoms with Crippen molar-refractivity contribution in [2.24, 2.45) is 0 Å². The zero-order valence-corrected chi connectivity index (χ0v) is 31.2. The van der Waals surface area contributed by atoms with Gasteiger partial charge in [-0.25, -0.2) is 0 Å². The Balaban J connectivity index is 1.17. The molecule has 0 saturated heterocycles. The molecule has 0 heteroatoms. The number of allylic oxidation sites excluding steroid dienone is 1. The second-order valence-corrected chi connectivity index (χ2v) is 16.0. The summed E-state index contributed by atoms with van der Waals surface area (Å²) >= 11 is 0.